The Bertz CT molecular complexity index is 1820. The molecule has 3 aliphatic carbocycles. The second-order valence-electron chi connectivity index (χ2n) is 11.9. The molecule has 0 unspecified atom stereocenters. The number of nitrogens with one attached hydrogen (secondary N) is 1. The molecule has 4 atom stereocenters. The number of benzene rings is 3. The molecule has 1 amide bonds. The summed E-state index contributed by atoms with van der Waals surface area (Å²) < 4.78 is 16.1. The fraction of sp³-hybridized carbons (Fsp3) is 0.303. The molecular weight excluding hydrogens is 569 g/mol. The number of rotatable bonds is 6. The summed E-state index contributed by atoms with van der Waals surface area (Å²) in [5, 5.41) is 48.9. The molecule has 10 nitrogen and oxygen atoms in total. The molecule has 44 heavy (non-hydrogen) atoms. The van der Waals surface area contributed by atoms with Gasteiger partial charge >= 0.3 is 0 Å². The second kappa shape index (κ2) is 10.5. The van der Waals surface area contributed by atoms with E-state index in [1.807, 2.05) is 30.3 Å². The fourth-order valence-electron chi connectivity index (χ4n) is 7.17. The van der Waals surface area contributed by atoms with Crippen molar-refractivity contribution in [1.82, 2.24) is 10.2 Å². The van der Waals surface area contributed by atoms with Crippen molar-refractivity contribution in [3.63, 3.8) is 0 Å². The van der Waals surface area contributed by atoms with Crippen molar-refractivity contribution >= 4 is 28.2 Å². The molecular formula is C33H32FN3O7. The molecule has 0 bridgehead atoms. The lowest BCUT2D eigenvalue weighted by Crippen LogP contribution is -2.63. The highest BCUT2D eigenvalue weighted by atomic mass is 19.1. The number of hydrogen-bond acceptors (Lipinski definition) is 9. The van der Waals surface area contributed by atoms with Gasteiger partial charge in [-0.1, -0.05) is 42.5 Å². The highest BCUT2D eigenvalue weighted by Gasteiger charge is 2.63. The number of aliphatic hydroxyl groups excluding tert-OH is 2. The van der Waals surface area contributed by atoms with Crippen molar-refractivity contribution in [2.45, 2.75) is 37.6 Å². The number of nitrogens with zero attached hydrogens (tertiary/aromatic N) is 1. The molecule has 11 heteroatoms. The summed E-state index contributed by atoms with van der Waals surface area (Å²) >= 11 is 0. The number of phenolic OH excluding ortho intramolecular Hbond substituents is 1. The number of fused-ring (bicyclic) bond motifs is 4. The van der Waals surface area contributed by atoms with Crippen molar-refractivity contribution in [2.24, 2.45) is 17.6 Å². The van der Waals surface area contributed by atoms with E-state index in [4.69, 9.17) is 5.73 Å². The number of ketones is 2. The van der Waals surface area contributed by atoms with Crippen LogP contribution in [-0.2, 0) is 29.1 Å². The summed E-state index contributed by atoms with van der Waals surface area (Å²) in [5.41, 5.74) is 2.80. The van der Waals surface area contributed by atoms with E-state index in [2.05, 4.69) is 5.32 Å². The number of aliphatic hydroxyl groups is 3. The predicted octanol–water partition coefficient (Wildman–Crippen LogP) is 2.70. The minimum absolute atomic E-state index is 0.0388. The number of nitrogens with two attached hydrogens (primary N) is 1. The Balaban J connectivity index is 1.43. The van der Waals surface area contributed by atoms with Gasteiger partial charge < -0.3 is 31.5 Å². The molecule has 0 spiro atoms. The molecule has 228 valence electrons. The van der Waals surface area contributed by atoms with Crippen LogP contribution in [0, 0.1) is 17.7 Å². The van der Waals surface area contributed by atoms with E-state index in [9.17, 15) is 34.8 Å². The number of carbonyl (C=O) groups excluding carboxylic acids is 3. The number of hydrogen-bond donors (Lipinski definition) is 6. The first-order chi connectivity index (χ1) is 20.9. The first kappa shape index (κ1) is 29.5. The maximum Gasteiger partial charge on any atom is 0.255 e. The van der Waals surface area contributed by atoms with Crippen LogP contribution >= 0.6 is 0 Å². The lowest BCUT2D eigenvalue weighted by molar-refractivity contribution is -0.148. The molecule has 3 aromatic rings. The van der Waals surface area contributed by atoms with Crippen LogP contribution in [0.15, 0.2) is 71.2 Å². The van der Waals surface area contributed by atoms with Crippen LogP contribution in [0.4, 0.5) is 4.39 Å². The number of Topliss-reactive ketones (excluding diaryl/α,β-unsaturated/α-hetero) is 2. The van der Waals surface area contributed by atoms with Gasteiger partial charge in [0.2, 0.25) is 5.78 Å². The molecule has 6 rings (SSSR count). The highest BCUT2D eigenvalue weighted by Crippen LogP contribution is 2.53. The third-order valence-corrected chi connectivity index (χ3v) is 9.20. The average Bonchev–Trinajstić information content (AvgIpc) is 2.98. The molecule has 0 fully saturated rings. The maximum atomic E-state index is 16.1. The number of amides is 1. The summed E-state index contributed by atoms with van der Waals surface area (Å²) in [6.07, 6.45) is -0.236. The van der Waals surface area contributed by atoms with Gasteiger partial charge in [0, 0.05) is 40.9 Å². The van der Waals surface area contributed by atoms with Gasteiger partial charge in [-0.3, -0.25) is 19.3 Å². The number of aromatic hydroxyl groups is 1. The Morgan fingerprint density at radius 1 is 1.05 bits per heavy atom. The lowest BCUT2D eigenvalue weighted by atomic mass is 9.58. The van der Waals surface area contributed by atoms with Crippen LogP contribution in [0.5, 0.6) is 5.75 Å². The van der Waals surface area contributed by atoms with E-state index < -0.39 is 69.6 Å². The van der Waals surface area contributed by atoms with Gasteiger partial charge in [-0.15, -0.1) is 0 Å². The average molecular weight is 602 g/mol. The van der Waals surface area contributed by atoms with Gasteiger partial charge in [0.05, 0.1) is 11.6 Å². The zero-order valence-corrected chi connectivity index (χ0v) is 24.1. The third-order valence-electron chi connectivity index (χ3n) is 9.20. The van der Waals surface area contributed by atoms with Crippen molar-refractivity contribution in [3.8, 4) is 5.75 Å². The monoisotopic (exact) mass is 601 g/mol. The van der Waals surface area contributed by atoms with E-state index in [0.29, 0.717) is 13.1 Å². The minimum Gasteiger partial charge on any atom is -0.510 e. The van der Waals surface area contributed by atoms with E-state index >= 15 is 4.39 Å². The molecule has 7 N–H and O–H groups in total. The molecule has 0 saturated heterocycles. The first-order valence-corrected chi connectivity index (χ1v) is 14.2. The Labute approximate surface area is 251 Å². The van der Waals surface area contributed by atoms with Gasteiger partial charge in [-0.25, -0.2) is 4.39 Å². The Morgan fingerprint density at radius 2 is 1.73 bits per heavy atom. The normalized spacial score (nSPS) is 24.9. The molecule has 0 heterocycles. The van der Waals surface area contributed by atoms with Crippen molar-refractivity contribution in [2.75, 3.05) is 14.1 Å². The van der Waals surface area contributed by atoms with Crippen molar-refractivity contribution in [1.29, 1.82) is 0 Å². The molecule has 0 aliphatic heterocycles. The zero-order valence-electron chi connectivity index (χ0n) is 24.1. The van der Waals surface area contributed by atoms with Crippen LogP contribution in [0.3, 0.4) is 0 Å². The van der Waals surface area contributed by atoms with E-state index in [0.717, 1.165) is 11.1 Å². The standard InChI is InChI=1S/C33H32FN3O7/c1-37(2)26-21-12-17-11-20-23(28(39)22(17)30(41)33(21,44)31(42)24(29(26)40)32(35)43)27(38)19-10-16(8-9-18(19)25(20)34)14-36-13-15-6-4-3-5-7-15/h3-10,17,21,26,36,38,40-41,44H,11-14H2,1-2H3,(H2,35,43)/t17-,21-,26-,33-/m0/s1. The molecule has 3 aromatic carbocycles. The SMILES string of the molecule is CN(C)[C@@H]1C(O)=C(C(N)=O)C(=O)[C@@]2(O)C(O)=C3C(=O)c4c(c(F)c5ccc(CNCc6ccccc6)cc5c4O)C[C@H]3C[C@@H]12. The largest absolute Gasteiger partial charge is 0.510 e. The van der Waals surface area contributed by atoms with Gasteiger partial charge in [0.15, 0.2) is 11.4 Å². The summed E-state index contributed by atoms with van der Waals surface area (Å²) in [5.74, 6) is -8.41. The first-order valence-electron chi connectivity index (χ1n) is 14.2. The maximum absolute atomic E-state index is 16.1. The third kappa shape index (κ3) is 4.22. The van der Waals surface area contributed by atoms with Crippen LogP contribution in [0.2, 0.25) is 0 Å². The zero-order chi connectivity index (χ0) is 31.7. The van der Waals surface area contributed by atoms with Gasteiger partial charge in [0.25, 0.3) is 5.91 Å². The van der Waals surface area contributed by atoms with Crippen LogP contribution in [0.25, 0.3) is 10.8 Å². The van der Waals surface area contributed by atoms with Gasteiger partial charge in [-0.2, -0.15) is 0 Å². The molecule has 0 radical (unpaired) electrons. The number of likely N-dealkylation sites (N-methyl/N-ethyl adjacent to an activating group) is 1. The molecule has 0 aromatic heterocycles. The lowest BCUT2D eigenvalue weighted by Gasteiger charge is -2.50. The van der Waals surface area contributed by atoms with E-state index in [-0.39, 0.29) is 40.3 Å². The van der Waals surface area contributed by atoms with Gasteiger partial charge in [0.1, 0.15) is 28.7 Å². The summed E-state index contributed by atoms with van der Waals surface area (Å²) in [7, 11) is 3.09. The van der Waals surface area contributed by atoms with Gasteiger partial charge in [-0.05, 0) is 50.0 Å². The predicted molar refractivity (Wildman–Crippen MR) is 158 cm³/mol. The Hall–Kier alpha value is -4.58. The number of carbonyl (C=O) groups is 3. The second-order valence-corrected chi connectivity index (χ2v) is 11.9. The number of halogens is 1. The number of allylic oxidation sites excluding steroid dienone is 1. The summed E-state index contributed by atoms with van der Waals surface area (Å²) in [6, 6.07) is 13.5. The van der Waals surface area contributed by atoms with Crippen LogP contribution < -0.4 is 11.1 Å². The Kier molecular flexibility index (Phi) is 7.07. The molecule has 0 saturated carbocycles. The summed E-state index contributed by atoms with van der Waals surface area (Å²) in [4.78, 5) is 41.0. The fourth-order valence-corrected chi connectivity index (χ4v) is 7.17. The minimum atomic E-state index is -2.76. The number of phenols is 1. The summed E-state index contributed by atoms with van der Waals surface area (Å²) in [6.45, 7) is 0.982. The smallest absolute Gasteiger partial charge is 0.255 e. The number of primary amides is 1. The van der Waals surface area contributed by atoms with Crippen molar-refractivity contribution < 1.29 is 39.2 Å². The van der Waals surface area contributed by atoms with E-state index in [1.165, 1.54) is 4.90 Å². The Morgan fingerprint density at radius 3 is 2.39 bits per heavy atom. The van der Waals surface area contributed by atoms with E-state index in [1.54, 1.807) is 32.3 Å². The molecule has 3 aliphatic rings. The highest BCUT2D eigenvalue weighted by molar-refractivity contribution is 6.25. The van der Waals surface area contributed by atoms with Crippen molar-refractivity contribution in [3.05, 3.63) is 99.3 Å². The topological polar surface area (TPSA) is 173 Å². The van der Waals surface area contributed by atoms with Crippen LogP contribution in [-0.4, -0.2) is 68.5 Å². The van der Waals surface area contributed by atoms with Crippen LogP contribution in [0.1, 0.15) is 33.5 Å². The quantitative estimate of drug-likeness (QED) is 0.232.